The van der Waals surface area contributed by atoms with Crippen molar-refractivity contribution < 1.29 is 13.6 Å². The van der Waals surface area contributed by atoms with Gasteiger partial charge >= 0.3 is 11.3 Å². The first-order valence-electron chi connectivity index (χ1n) is 3.77. The molecule has 1 rings (SSSR count). The molecule has 0 heterocycles. The molecule has 1 aliphatic rings. The number of carbonyl (C=O) groups is 1. The molecule has 0 unspecified atom stereocenters. The number of nitrogens with zero attached hydrogens (tertiary/aromatic N) is 1. The van der Waals surface area contributed by atoms with Gasteiger partial charge in [0.15, 0.2) is 0 Å². The van der Waals surface area contributed by atoms with Crippen LogP contribution in [0.1, 0.15) is 19.3 Å². The molecule has 1 saturated carbocycles. The van der Waals surface area contributed by atoms with Gasteiger partial charge < -0.3 is 4.90 Å². The highest BCUT2D eigenvalue weighted by atomic mass is 35.5. The molecule has 0 spiro atoms. The van der Waals surface area contributed by atoms with Gasteiger partial charge in [-0.2, -0.15) is 8.78 Å². The molecular formula is C7H10ClF2NO. The molecule has 0 bridgehead atoms. The lowest BCUT2D eigenvalue weighted by atomic mass is 9.92. The maximum atomic E-state index is 12.3. The van der Waals surface area contributed by atoms with E-state index in [9.17, 15) is 13.6 Å². The molecule has 0 aromatic rings. The van der Waals surface area contributed by atoms with Crippen LogP contribution in [-0.4, -0.2) is 29.3 Å². The van der Waals surface area contributed by atoms with E-state index < -0.39 is 11.3 Å². The van der Waals surface area contributed by atoms with Crippen molar-refractivity contribution in [3.63, 3.8) is 0 Å². The Morgan fingerprint density at radius 3 is 2.33 bits per heavy atom. The van der Waals surface area contributed by atoms with Crippen LogP contribution >= 0.6 is 11.6 Å². The summed E-state index contributed by atoms with van der Waals surface area (Å²) in [4.78, 5) is 11.9. The number of amides is 1. The molecule has 0 N–H and O–H groups in total. The number of hydrogen-bond donors (Lipinski definition) is 0. The summed E-state index contributed by atoms with van der Waals surface area (Å²) in [6.07, 6.45) is 2.60. The van der Waals surface area contributed by atoms with Crippen LogP contribution in [0.15, 0.2) is 0 Å². The van der Waals surface area contributed by atoms with Crippen molar-refractivity contribution in [2.24, 2.45) is 0 Å². The van der Waals surface area contributed by atoms with E-state index in [1.165, 1.54) is 7.05 Å². The van der Waals surface area contributed by atoms with E-state index in [2.05, 4.69) is 11.6 Å². The topological polar surface area (TPSA) is 20.3 Å². The predicted molar refractivity (Wildman–Crippen MR) is 41.2 cm³/mol. The van der Waals surface area contributed by atoms with Gasteiger partial charge in [0.1, 0.15) is 0 Å². The molecule has 0 aromatic carbocycles. The van der Waals surface area contributed by atoms with Crippen LogP contribution in [-0.2, 0) is 4.79 Å². The Morgan fingerprint density at radius 2 is 2.08 bits per heavy atom. The van der Waals surface area contributed by atoms with Gasteiger partial charge in [-0.25, -0.2) is 0 Å². The minimum absolute atomic E-state index is 0.0397. The average molecular weight is 198 g/mol. The van der Waals surface area contributed by atoms with Crippen LogP contribution < -0.4 is 0 Å². The van der Waals surface area contributed by atoms with Gasteiger partial charge in [-0.05, 0) is 30.9 Å². The zero-order valence-electron chi connectivity index (χ0n) is 6.69. The van der Waals surface area contributed by atoms with Crippen LogP contribution in [0, 0.1) is 0 Å². The molecule has 1 amide bonds. The first-order valence-corrected chi connectivity index (χ1v) is 4.14. The lowest BCUT2D eigenvalue weighted by Gasteiger charge is -2.35. The van der Waals surface area contributed by atoms with E-state index in [-0.39, 0.29) is 6.04 Å². The van der Waals surface area contributed by atoms with E-state index in [0.29, 0.717) is 0 Å². The molecule has 1 aliphatic carbocycles. The van der Waals surface area contributed by atoms with E-state index in [4.69, 9.17) is 0 Å². The van der Waals surface area contributed by atoms with Crippen molar-refractivity contribution in [2.75, 3.05) is 7.05 Å². The summed E-state index contributed by atoms with van der Waals surface area (Å²) >= 11 is 4.58. The van der Waals surface area contributed by atoms with Crippen LogP contribution in [0.2, 0.25) is 0 Å². The smallest absolute Gasteiger partial charge is 0.336 e. The van der Waals surface area contributed by atoms with E-state index >= 15 is 0 Å². The van der Waals surface area contributed by atoms with Gasteiger partial charge in [0.2, 0.25) is 0 Å². The molecule has 0 radical (unpaired) electrons. The summed E-state index contributed by atoms with van der Waals surface area (Å²) < 4.78 is 24.5. The molecule has 0 saturated heterocycles. The Morgan fingerprint density at radius 1 is 1.58 bits per heavy atom. The molecule has 0 aromatic heterocycles. The van der Waals surface area contributed by atoms with Crippen LogP contribution in [0.4, 0.5) is 8.78 Å². The normalized spacial score (nSPS) is 18.7. The highest BCUT2D eigenvalue weighted by Gasteiger charge is 2.41. The third kappa shape index (κ3) is 1.86. The molecule has 70 valence electrons. The second kappa shape index (κ2) is 3.17. The maximum Gasteiger partial charge on any atom is 0.399 e. The fourth-order valence-electron chi connectivity index (χ4n) is 1.14. The van der Waals surface area contributed by atoms with E-state index in [1.54, 1.807) is 0 Å². The summed E-state index contributed by atoms with van der Waals surface area (Å²) in [5.74, 6) is -1.30. The van der Waals surface area contributed by atoms with Gasteiger partial charge in [0.05, 0.1) is 0 Å². The average Bonchev–Trinajstić information content (AvgIpc) is 1.79. The SMILES string of the molecule is CN(C(=O)C(F)(F)Cl)C1CCC1. The highest BCUT2D eigenvalue weighted by molar-refractivity contribution is 6.32. The Balaban J connectivity index is 2.51. The van der Waals surface area contributed by atoms with Crippen LogP contribution in [0.25, 0.3) is 0 Å². The van der Waals surface area contributed by atoms with Crippen molar-refractivity contribution in [2.45, 2.75) is 30.7 Å². The Hall–Kier alpha value is -0.380. The van der Waals surface area contributed by atoms with Gasteiger partial charge in [-0.15, -0.1) is 0 Å². The van der Waals surface area contributed by atoms with Crippen molar-refractivity contribution in [3.05, 3.63) is 0 Å². The molecule has 5 heteroatoms. The number of rotatable bonds is 2. The number of halogens is 3. The second-order valence-corrected chi connectivity index (χ2v) is 3.47. The zero-order chi connectivity index (χ0) is 9.35. The Bertz CT molecular complexity index is 188. The van der Waals surface area contributed by atoms with Gasteiger partial charge in [0, 0.05) is 13.1 Å². The summed E-state index contributed by atoms with van der Waals surface area (Å²) in [7, 11) is 1.36. The van der Waals surface area contributed by atoms with Crippen molar-refractivity contribution in [1.29, 1.82) is 0 Å². The molecule has 0 aliphatic heterocycles. The Labute approximate surface area is 74.5 Å². The first kappa shape index (κ1) is 9.71. The molecule has 1 fully saturated rings. The molecule has 0 atom stereocenters. The third-order valence-corrected chi connectivity index (χ3v) is 2.35. The third-order valence-electron chi connectivity index (χ3n) is 2.19. The number of hydrogen-bond acceptors (Lipinski definition) is 1. The fraction of sp³-hybridized carbons (Fsp3) is 0.857. The fourth-order valence-corrected chi connectivity index (χ4v) is 1.27. The summed E-state index contributed by atoms with van der Waals surface area (Å²) in [5.41, 5.74) is 0. The predicted octanol–water partition coefficient (Wildman–Crippen LogP) is 1.83. The lowest BCUT2D eigenvalue weighted by Crippen LogP contribution is -2.46. The lowest BCUT2D eigenvalue weighted by molar-refractivity contribution is -0.149. The van der Waals surface area contributed by atoms with Crippen molar-refractivity contribution in [1.82, 2.24) is 4.90 Å². The standard InChI is InChI=1S/C7H10ClF2NO/c1-11(5-3-2-4-5)6(12)7(8,9)10/h5H,2-4H2,1H3. The number of carbonyl (C=O) groups excluding carboxylic acids is 1. The van der Waals surface area contributed by atoms with E-state index in [1.807, 2.05) is 0 Å². The summed E-state index contributed by atoms with van der Waals surface area (Å²) in [6, 6.07) is -0.0397. The molecular weight excluding hydrogens is 188 g/mol. The quantitative estimate of drug-likeness (QED) is 0.619. The van der Waals surface area contributed by atoms with Crippen LogP contribution in [0.3, 0.4) is 0 Å². The van der Waals surface area contributed by atoms with Gasteiger partial charge in [-0.1, -0.05) is 0 Å². The minimum Gasteiger partial charge on any atom is -0.336 e. The van der Waals surface area contributed by atoms with Gasteiger partial charge in [-0.3, -0.25) is 4.79 Å². The second-order valence-electron chi connectivity index (χ2n) is 3.00. The Kier molecular flexibility index (Phi) is 2.56. The minimum atomic E-state index is -3.75. The zero-order valence-corrected chi connectivity index (χ0v) is 7.44. The van der Waals surface area contributed by atoms with Crippen LogP contribution in [0.5, 0.6) is 0 Å². The largest absolute Gasteiger partial charge is 0.399 e. The number of alkyl halides is 3. The van der Waals surface area contributed by atoms with E-state index in [0.717, 1.165) is 24.2 Å². The summed E-state index contributed by atoms with van der Waals surface area (Å²) in [6.45, 7) is 0. The maximum absolute atomic E-state index is 12.3. The van der Waals surface area contributed by atoms with Crippen molar-refractivity contribution in [3.8, 4) is 0 Å². The first-order chi connectivity index (χ1) is 5.43. The monoisotopic (exact) mass is 197 g/mol. The summed E-state index contributed by atoms with van der Waals surface area (Å²) in [5, 5.41) is -3.75. The highest BCUT2D eigenvalue weighted by Crippen LogP contribution is 2.28. The molecule has 12 heavy (non-hydrogen) atoms. The molecule has 2 nitrogen and oxygen atoms in total. The van der Waals surface area contributed by atoms with Gasteiger partial charge in [0.25, 0.3) is 0 Å². The van der Waals surface area contributed by atoms with Crippen molar-refractivity contribution >= 4 is 17.5 Å².